The van der Waals surface area contributed by atoms with Crippen LogP contribution in [-0.2, 0) is 13.0 Å². The molecule has 1 aliphatic heterocycles. The minimum absolute atomic E-state index is 0.168. The number of nitrogens with one attached hydrogen (secondary N) is 1. The van der Waals surface area contributed by atoms with Gasteiger partial charge in [0.15, 0.2) is 0 Å². The summed E-state index contributed by atoms with van der Waals surface area (Å²) in [7, 11) is 0. The van der Waals surface area contributed by atoms with Crippen LogP contribution >= 0.6 is 0 Å². The van der Waals surface area contributed by atoms with Gasteiger partial charge in [0.25, 0.3) is 5.91 Å². The molecule has 5 rings (SSSR count). The zero-order valence-electron chi connectivity index (χ0n) is 17.0. The van der Waals surface area contributed by atoms with Crippen LogP contribution in [0.1, 0.15) is 46.8 Å². The fourth-order valence-corrected chi connectivity index (χ4v) is 4.10. The first-order chi connectivity index (χ1) is 14.5. The molecule has 30 heavy (non-hydrogen) atoms. The number of aryl methyl sites for hydroxylation is 4. The van der Waals surface area contributed by atoms with E-state index in [4.69, 9.17) is 4.98 Å². The predicted molar refractivity (Wildman–Crippen MR) is 114 cm³/mol. The average Bonchev–Trinajstić information content (AvgIpc) is 2.88. The number of rotatable bonds is 2. The van der Waals surface area contributed by atoms with E-state index >= 15 is 0 Å². The van der Waals surface area contributed by atoms with E-state index in [1.165, 1.54) is 18.6 Å². The van der Waals surface area contributed by atoms with Crippen LogP contribution < -0.4 is 5.32 Å². The van der Waals surface area contributed by atoms with Crippen molar-refractivity contribution in [1.82, 2.24) is 19.5 Å². The smallest absolute Gasteiger partial charge is 0.258 e. The summed E-state index contributed by atoms with van der Waals surface area (Å²) in [6.07, 6.45) is 4.51. The Labute approximate surface area is 173 Å². The van der Waals surface area contributed by atoms with Gasteiger partial charge in [-0.05, 0) is 51.0 Å². The van der Waals surface area contributed by atoms with Crippen LogP contribution in [0.2, 0.25) is 0 Å². The van der Waals surface area contributed by atoms with Crippen LogP contribution in [0.4, 0.5) is 10.1 Å². The van der Waals surface area contributed by atoms with E-state index < -0.39 is 11.7 Å². The molecule has 0 radical (unpaired) electrons. The highest BCUT2D eigenvalue weighted by atomic mass is 19.1. The Morgan fingerprint density at radius 2 is 1.83 bits per heavy atom. The lowest BCUT2D eigenvalue weighted by molar-refractivity contribution is 0.102. The first-order valence-electron chi connectivity index (χ1n) is 10.2. The van der Waals surface area contributed by atoms with E-state index in [9.17, 15) is 9.18 Å². The zero-order chi connectivity index (χ0) is 20.8. The van der Waals surface area contributed by atoms with E-state index in [0.29, 0.717) is 28.1 Å². The second-order valence-electron chi connectivity index (χ2n) is 7.86. The molecule has 152 valence electrons. The molecule has 0 fully saturated rings. The number of aromatic nitrogens is 4. The normalized spacial score (nSPS) is 14.0. The Morgan fingerprint density at radius 1 is 1.00 bits per heavy atom. The molecule has 7 heteroatoms. The quantitative estimate of drug-likeness (QED) is 0.526. The molecule has 0 atom stereocenters. The third kappa shape index (κ3) is 3.20. The van der Waals surface area contributed by atoms with Crippen molar-refractivity contribution in [3.05, 3.63) is 58.9 Å². The molecule has 1 aliphatic rings. The fourth-order valence-electron chi connectivity index (χ4n) is 4.10. The first kappa shape index (κ1) is 18.7. The lowest BCUT2D eigenvalue weighted by Crippen LogP contribution is -2.14. The van der Waals surface area contributed by atoms with Crippen LogP contribution in [-0.4, -0.2) is 25.4 Å². The van der Waals surface area contributed by atoms with Gasteiger partial charge < -0.3 is 9.88 Å². The summed E-state index contributed by atoms with van der Waals surface area (Å²) in [5.74, 6) is 0.166. The summed E-state index contributed by atoms with van der Waals surface area (Å²) in [6.45, 7) is 4.61. The molecule has 1 N–H and O–H groups in total. The summed E-state index contributed by atoms with van der Waals surface area (Å²) < 4.78 is 16.4. The molecule has 2 aromatic heterocycles. The van der Waals surface area contributed by atoms with E-state index in [0.717, 1.165) is 42.7 Å². The van der Waals surface area contributed by atoms with Crippen molar-refractivity contribution >= 4 is 33.7 Å². The Morgan fingerprint density at radius 3 is 2.70 bits per heavy atom. The third-order valence-corrected chi connectivity index (χ3v) is 5.76. The van der Waals surface area contributed by atoms with Crippen molar-refractivity contribution in [2.24, 2.45) is 0 Å². The van der Waals surface area contributed by atoms with Gasteiger partial charge >= 0.3 is 0 Å². The number of hydrogen-bond donors (Lipinski definition) is 1. The van der Waals surface area contributed by atoms with Gasteiger partial charge in [-0.15, -0.1) is 0 Å². The molecule has 0 aliphatic carbocycles. The molecular formula is C23H22FN5O. The van der Waals surface area contributed by atoms with Gasteiger partial charge in [0.2, 0.25) is 0 Å². The second-order valence-corrected chi connectivity index (χ2v) is 7.86. The minimum Gasteiger partial charge on any atom is -0.328 e. The largest absolute Gasteiger partial charge is 0.328 e. The Bertz CT molecular complexity index is 1310. The van der Waals surface area contributed by atoms with Gasteiger partial charge in [-0.1, -0.05) is 6.42 Å². The molecule has 4 aromatic rings. The van der Waals surface area contributed by atoms with Crippen LogP contribution in [0.5, 0.6) is 0 Å². The minimum atomic E-state index is -0.515. The standard InChI is InChI=1S/C23H22FN5O/c1-13-14(2)26-22-17(10-15(24)11-19(22)25-13)23(30)27-16-7-8-20-18(12-16)28-21-6-4-3-5-9-29(20)21/h7-8,10-12H,3-6,9H2,1-2H3,(H,27,30). The maximum atomic E-state index is 14.1. The number of fused-ring (bicyclic) bond motifs is 4. The summed E-state index contributed by atoms with van der Waals surface area (Å²) in [6, 6.07) is 8.23. The van der Waals surface area contributed by atoms with Crippen molar-refractivity contribution in [3.63, 3.8) is 0 Å². The van der Waals surface area contributed by atoms with Crippen LogP contribution in [0.25, 0.3) is 22.1 Å². The number of hydrogen-bond acceptors (Lipinski definition) is 4. The monoisotopic (exact) mass is 403 g/mol. The van der Waals surface area contributed by atoms with E-state index in [1.54, 1.807) is 0 Å². The van der Waals surface area contributed by atoms with Crippen molar-refractivity contribution in [3.8, 4) is 0 Å². The third-order valence-electron chi connectivity index (χ3n) is 5.76. The first-order valence-corrected chi connectivity index (χ1v) is 10.2. The number of halogens is 1. The number of anilines is 1. The van der Waals surface area contributed by atoms with Crippen molar-refractivity contribution in [2.45, 2.75) is 46.1 Å². The number of carbonyl (C=O) groups excluding carboxylic acids is 1. The van der Waals surface area contributed by atoms with Crippen molar-refractivity contribution < 1.29 is 9.18 Å². The molecule has 0 saturated carbocycles. The van der Waals surface area contributed by atoms with Gasteiger partial charge in [-0.3, -0.25) is 4.79 Å². The van der Waals surface area contributed by atoms with Crippen LogP contribution in [0.3, 0.4) is 0 Å². The molecule has 2 aromatic carbocycles. The maximum Gasteiger partial charge on any atom is 0.258 e. The Kier molecular flexibility index (Phi) is 4.46. The average molecular weight is 403 g/mol. The van der Waals surface area contributed by atoms with Gasteiger partial charge in [0.1, 0.15) is 17.2 Å². The topological polar surface area (TPSA) is 72.7 Å². The van der Waals surface area contributed by atoms with E-state index in [-0.39, 0.29) is 5.56 Å². The molecule has 0 bridgehead atoms. The lowest BCUT2D eigenvalue weighted by atomic mass is 10.1. The van der Waals surface area contributed by atoms with Crippen LogP contribution in [0.15, 0.2) is 30.3 Å². The Balaban J connectivity index is 1.51. The summed E-state index contributed by atoms with van der Waals surface area (Å²) >= 11 is 0. The van der Waals surface area contributed by atoms with Crippen LogP contribution in [0, 0.1) is 19.7 Å². The van der Waals surface area contributed by atoms with E-state index in [2.05, 4.69) is 19.9 Å². The second kappa shape index (κ2) is 7.16. The summed E-state index contributed by atoms with van der Waals surface area (Å²) in [4.78, 5) is 26.6. The highest BCUT2D eigenvalue weighted by Crippen LogP contribution is 2.26. The molecule has 3 heterocycles. The summed E-state index contributed by atoms with van der Waals surface area (Å²) in [5, 5.41) is 2.87. The maximum absolute atomic E-state index is 14.1. The number of imidazole rings is 1. The highest BCUT2D eigenvalue weighted by Gasteiger charge is 2.17. The molecule has 1 amide bonds. The SMILES string of the molecule is Cc1nc2cc(F)cc(C(=O)Nc3ccc4c(c3)nc3n4CCCCC3)c2nc1C. The van der Waals surface area contributed by atoms with Gasteiger partial charge in [0.05, 0.1) is 33.5 Å². The molecule has 0 spiro atoms. The lowest BCUT2D eigenvalue weighted by Gasteiger charge is -2.10. The molecule has 0 saturated heterocycles. The Hall–Kier alpha value is -3.35. The summed E-state index contributed by atoms with van der Waals surface area (Å²) in [5.41, 5.74) is 4.92. The van der Waals surface area contributed by atoms with Crippen molar-refractivity contribution in [1.29, 1.82) is 0 Å². The van der Waals surface area contributed by atoms with Gasteiger partial charge in [-0.25, -0.2) is 19.3 Å². The molecular weight excluding hydrogens is 381 g/mol. The fraction of sp³-hybridized carbons (Fsp3) is 0.304. The van der Waals surface area contributed by atoms with Gasteiger partial charge in [-0.2, -0.15) is 0 Å². The number of amides is 1. The van der Waals surface area contributed by atoms with Gasteiger partial charge in [0, 0.05) is 24.7 Å². The number of carbonyl (C=O) groups is 1. The number of nitrogens with zero attached hydrogens (tertiary/aromatic N) is 4. The molecule has 0 unspecified atom stereocenters. The van der Waals surface area contributed by atoms with Crippen molar-refractivity contribution in [2.75, 3.05) is 5.32 Å². The highest BCUT2D eigenvalue weighted by molar-refractivity contribution is 6.11. The van der Waals surface area contributed by atoms with E-state index in [1.807, 2.05) is 32.0 Å². The zero-order valence-corrected chi connectivity index (χ0v) is 17.0. The molecule has 6 nitrogen and oxygen atoms in total. The number of benzene rings is 2. The predicted octanol–water partition coefficient (Wildman–Crippen LogP) is 4.71.